The Morgan fingerprint density at radius 2 is 1.65 bits per heavy atom. The van der Waals surface area contributed by atoms with Gasteiger partial charge in [-0.1, -0.05) is 35.9 Å². The van der Waals surface area contributed by atoms with Crippen LogP contribution in [0.1, 0.15) is 48.0 Å². The minimum Gasteiger partial charge on any atom is -0.380 e. The van der Waals surface area contributed by atoms with Gasteiger partial charge in [-0.05, 0) is 57.8 Å². The topological polar surface area (TPSA) is 32.8 Å². The summed E-state index contributed by atoms with van der Waals surface area (Å²) >= 11 is 0. The standard InChI is InChI=1S/C17H21NO2.C5H11N/c19-12-16-3-1-14(2-4-16)11-15-5-8-18(9-6-15)17-7-10-20-13-17;1-6-4-2-3-5-6/h1-4,11-12,17H,5-10,13H2;2-5H2,1H3. The average molecular weight is 357 g/mol. The van der Waals surface area contributed by atoms with E-state index in [0.717, 1.165) is 51.0 Å². The molecule has 0 saturated carbocycles. The van der Waals surface area contributed by atoms with Gasteiger partial charge in [0.25, 0.3) is 0 Å². The Morgan fingerprint density at radius 1 is 1.00 bits per heavy atom. The van der Waals surface area contributed by atoms with Gasteiger partial charge in [-0.2, -0.15) is 0 Å². The molecule has 0 spiro atoms. The zero-order chi connectivity index (χ0) is 18.2. The number of benzene rings is 1. The molecule has 0 N–H and O–H groups in total. The van der Waals surface area contributed by atoms with Crippen molar-refractivity contribution in [2.75, 3.05) is 46.4 Å². The van der Waals surface area contributed by atoms with Crippen molar-refractivity contribution in [1.29, 1.82) is 0 Å². The van der Waals surface area contributed by atoms with Crippen LogP contribution in [0.2, 0.25) is 0 Å². The number of hydrogen-bond acceptors (Lipinski definition) is 4. The van der Waals surface area contributed by atoms with Crippen LogP contribution in [0.25, 0.3) is 6.08 Å². The molecular weight excluding hydrogens is 324 g/mol. The summed E-state index contributed by atoms with van der Waals surface area (Å²) in [5.74, 6) is 0. The van der Waals surface area contributed by atoms with E-state index in [0.29, 0.717) is 6.04 Å². The van der Waals surface area contributed by atoms with E-state index in [4.69, 9.17) is 4.74 Å². The molecule has 0 bridgehead atoms. The molecule has 1 aromatic carbocycles. The molecule has 0 amide bonds. The quantitative estimate of drug-likeness (QED) is 0.776. The lowest BCUT2D eigenvalue weighted by Gasteiger charge is -2.32. The van der Waals surface area contributed by atoms with Gasteiger partial charge in [0.1, 0.15) is 6.29 Å². The van der Waals surface area contributed by atoms with Gasteiger partial charge < -0.3 is 9.64 Å². The third kappa shape index (κ3) is 5.76. The Hall–Kier alpha value is -1.49. The predicted molar refractivity (Wildman–Crippen MR) is 107 cm³/mol. The lowest BCUT2D eigenvalue weighted by atomic mass is 9.99. The van der Waals surface area contributed by atoms with Crippen molar-refractivity contribution in [2.24, 2.45) is 0 Å². The van der Waals surface area contributed by atoms with Crippen LogP contribution in [0.4, 0.5) is 0 Å². The molecule has 1 unspecified atom stereocenters. The molecule has 1 atom stereocenters. The van der Waals surface area contributed by atoms with Crippen molar-refractivity contribution in [2.45, 2.75) is 38.1 Å². The van der Waals surface area contributed by atoms with E-state index in [1.807, 2.05) is 24.3 Å². The van der Waals surface area contributed by atoms with Crippen LogP contribution in [0.3, 0.4) is 0 Å². The molecule has 3 fully saturated rings. The normalized spacial score (nSPS) is 24.2. The molecule has 4 rings (SSSR count). The summed E-state index contributed by atoms with van der Waals surface area (Å²) in [5, 5.41) is 0. The Kier molecular flexibility index (Phi) is 7.42. The summed E-state index contributed by atoms with van der Waals surface area (Å²) in [6, 6.07) is 8.44. The SMILES string of the molecule is CN1CCCC1.O=Cc1ccc(C=C2CCN(C3CCOC3)CC2)cc1. The van der Waals surface area contributed by atoms with Crippen molar-refractivity contribution < 1.29 is 9.53 Å². The Labute approximate surface area is 157 Å². The molecule has 3 heterocycles. The van der Waals surface area contributed by atoms with Crippen LogP contribution in [0.5, 0.6) is 0 Å². The van der Waals surface area contributed by atoms with E-state index >= 15 is 0 Å². The van der Waals surface area contributed by atoms with Crippen LogP contribution in [-0.2, 0) is 4.74 Å². The number of carbonyl (C=O) groups is 1. The third-order valence-corrected chi connectivity index (χ3v) is 5.64. The first-order chi connectivity index (χ1) is 12.7. The highest BCUT2D eigenvalue weighted by molar-refractivity contribution is 5.75. The van der Waals surface area contributed by atoms with Gasteiger partial charge >= 0.3 is 0 Å². The van der Waals surface area contributed by atoms with E-state index < -0.39 is 0 Å². The van der Waals surface area contributed by atoms with Crippen molar-refractivity contribution in [1.82, 2.24) is 9.80 Å². The van der Waals surface area contributed by atoms with Crippen LogP contribution >= 0.6 is 0 Å². The number of ether oxygens (including phenoxy) is 1. The van der Waals surface area contributed by atoms with Gasteiger partial charge in [-0.3, -0.25) is 9.69 Å². The summed E-state index contributed by atoms with van der Waals surface area (Å²) < 4.78 is 5.47. The van der Waals surface area contributed by atoms with Crippen molar-refractivity contribution in [3.05, 3.63) is 41.0 Å². The Morgan fingerprint density at radius 3 is 2.15 bits per heavy atom. The highest BCUT2D eigenvalue weighted by Crippen LogP contribution is 2.23. The average Bonchev–Trinajstić information content (AvgIpc) is 3.37. The molecule has 4 nitrogen and oxygen atoms in total. The highest BCUT2D eigenvalue weighted by atomic mass is 16.5. The fourth-order valence-electron chi connectivity index (χ4n) is 3.91. The maximum Gasteiger partial charge on any atom is 0.150 e. The minimum atomic E-state index is 0.642. The summed E-state index contributed by atoms with van der Waals surface area (Å²) in [5.41, 5.74) is 3.45. The molecule has 3 aliphatic heterocycles. The molecule has 0 radical (unpaired) electrons. The first-order valence-electron chi connectivity index (χ1n) is 9.99. The Balaban J connectivity index is 0.000000278. The zero-order valence-electron chi connectivity index (χ0n) is 16.0. The molecule has 4 heteroatoms. The van der Waals surface area contributed by atoms with E-state index in [-0.39, 0.29) is 0 Å². The van der Waals surface area contributed by atoms with Gasteiger partial charge in [0.05, 0.1) is 6.61 Å². The second kappa shape index (κ2) is 10.0. The molecule has 26 heavy (non-hydrogen) atoms. The van der Waals surface area contributed by atoms with Crippen LogP contribution in [-0.4, -0.2) is 68.6 Å². The lowest BCUT2D eigenvalue weighted by Crippen LogP contribution is -2.39. The number of carbonyl (C=O) groups excluding carboxylic acids is 1. The summed E-state index contributed by atoms with van der Waals surface area (Å²) in [6.45, 7) is 6.76. The van der Waals surface area contributed by atoms with Gasteiger partial charge in [-0.15, -0.1) is 0 Å². The molecule has 3 saturated heterocycles. The molecule has 0 aliphatic carbocycles. The monoisotopic (exact) mass is 356 g/mol. The van der Waals surface area contributed by atoms with E-state index in [2.05, 4.69) is 22.9 Å². The van der Waals surface area contributed by atoms with E-state index in [1.54, 1.807) is 0 Å². The summed E-state index contributed by atoms with van der Waals surface area (Å²) in [4.78, 5) is 15.6. The Bertz CT molecular complexity index is 575. The number of nitrogens with zero attached hydrogens (tertiary/aromatic N) is 2. The summed E-state index contributed by atoms with van der Waals surface area (Å²) in [7, 11) is 2.17. The van der Waals surface area contributed by atoms with Crippen LogP contribution < -0.4 is 0 Å². The van der Waals surface area contributed by atoms with Crippen LogP contribution in [0, 0.1) is 0 Å². The fraction of sp³-hybridized carbons (Fsp3) is 0.591. The van der Waals surface area contributed by atoms with Gasteiger partial charge in [-0.25, -0.2) is 0 Å². The minimum absolute atomic E-state index is 0.642. The van der Waals surface area contributed by atoms with E-state index in [9.17, 15) is 4.79 Å². The zero-order valence-corrected chi connectivity index (χ0v) is 16.0. The molecule has 1 aromatic rings. The van der Waals surface area contributed by atoms with Gasteiger partial charge in [0.15, 0.2) is 0 Å². The number of hydrogen-bond donors (Lipinski definition) is 0. The number of piperidine rings is 1. The maximum atomic E-state index is 10.6. The second-order valence-electron chi connectivity index (χ2n) is 7.65. The predicted octanol–water partition coefficient (Wildman–Crippen LogP) is 3.48. The molecule has 142 valence electrons. The second-order valence-corrected chi connectivity index (χ2v) is 7.65. The number of rotatable bonds is 3. The van der Waals surface area contributed by atoms with Crippen molar-refractivity contribution in [3.8, 4) is 0 Å². The maximum absolute atomic E-state index is 10.6. The number of aldehydes is 1. The molecular formula is C22H32N2O2. The smallest absolute Gasteiger partial charge is 0.150 e. The van der Waals surface area contributed by atoms with E-state index in [1.165, 1.54) is 43.5 Å². The lowest BCUT2D eigenvalue weighted by molar-refractivity contribution is 0.112. The molecule has 3 aliphatic rings. The van der Waals surface area contributed by atoms with Gasteiger partial charge in [0, 0.05) is 31.3 Å². The first kappa shape index (κ1) is 19.3. The van der Waals surface area contributed by atoms with Crippen molar-refractivity contribution in [3.63, 3.8) is 0 Å². The van der Waals surface area contributed by atoms with Gasteiger partial charge in [0.2, 0.25) is 0 Å². The third-order valence-electron chi connectivity index (χ3n) is 5.64. The highest BCUT2D eigenvalue weighted by Gasteiger charge is 2.25. The molecule has 0 aromatic heterocycles. The first-order valence-corrected chi connectivity index (χ1v) is 9.99. The number of likely N-dealkylation sites (tertiary alicyclic amines) is 2. The van der Waals surface area contributed by atoms with Crippen molar-refractivity contribution >= 4 is 12.4 Å². The summed E-state index contributed by atoms with van der Waals surface area (Å²) in [6.07, 6.45) is 9.47. The van der Waals surface area contributed by atoms with Crippen LogP contribution in [0.15, 0.2) is 29.8 Å². The largest absolute Gasteiger partial charge is 0.380 e. The fourth-order valence-corrected chi connectivity index (χ4v) is 3.91.